The first-order valence-electron chi connectivity index (χ1n) is 6.63. The molecule has 1 aromatic rings. The third-order valence-corrected chi connectivity index (χ3v) is 3.05. The van der Waals surface area contributed by atoms with Gasteiger partial charge in [-0.15, -0.1) is 0 Å². The summed E-state index contributed by atoms with van der Waals surface area (Å²) in [6.07, 6.45) is 2.41. The number of nitrogens with zero attached hydrogens (tertiary/aromatic N) is 2. The van der Waals surface area contributed by atoms with Crippen LogP contribution in [-0.2, 0) is 0 Å². The Hall–Kier alpha value is -1.13. The summed E-state index contributed by atoms with van der Waals surface area (Å²) in [4.78, 5) is 6.53. The molecule has 0 radical (unpaired) electrons. The first-order chi connectivity index (χ1) is 8.54. The molecule has 2 N–H and O–H groups in total. The molecule has 0 spiro atoms. The Morgan fingerprint density at radius 3 is 2.61 bits per heavy atom. The van der Waals surface area contributed by atoms with Gasteiger partial charge in [-0.2, -0.15) is 0 Å². The number of aliphatic hydroxyl groups is 1. The van der Waals surface area contributed by atoms with Crippen molar-refractivity contribution in [3.05, 3.63) is 23.9 Å². The maximum Gasteiger partial charge on any atom is 0.128 e. The molecule has 0 aliphatic rings. The second kappa shape index (κ2) is 7.34. The van der Waals surface area contributed by atoms with Crippen LogP contribution in [0.5, 0.6) is 0 Å². The maximum absolute atomic E-state index is 9.27. The Morgan fingerprint density at radius 1 is 1.39 bits per heavy atom. The minimum atomic E-state index is -0.263. The zero-order chi connectivity index (χ0) is 13.5. The zero-order valence-corrected chi connectivity index (χ0v) is 11.8. The second-order valence-corrected chi connectivity index (χ2v) is 4.79. The summed E-state index contributed by atoms with van der Waals surface area (Å²) in [6.45, 7) is 7.81. The highest BCUT2D eigenvalue weighted by atomic mass is 16.3. The van der Waals surface area contributed by atoms with Gasteiger partial charge in [-0.3, -0.25) is 0 Å². The Bertz CT molecular complexity index is 337. The van der Waals surface area contributed by atoms with Crippen LogP contribution in [0.25, 0.3) is 0 Å². The fourth-order valence-corrected chi connectivity index (χ4v) is 1.80. The minimum Gasteiger partial charge on any atom is -0.393 e. The lowest BCUT2D eigenvalue weighted by Gasteiger charge is -2.20. The van der Waals surface area contributed by atoms with E-state index in [0.717, 1.165) is 25.3 Å². The molecule has 0 aliphatic heterocycles. The number of hydrogen-bond acceptors (Lipinski definition) is 4. The van der Waals surface area contributed by atoms with Gasteiger partial charge in [-0.25, -0.2) is 4.98 Å². The number of aliphatic hydroxyl groups excluding tert-OH is 1. The highest BCUT2D eigenvalue weighted by Gasteiger charge is 2.07. The molecule has 0 saturated heterocycles. The molecule has 0 fully saturated rings. The predicted octanol–water partition coefficient (Wildman–Crippen LogP) is 1.96. The average molecular weight is 251 g/mol. The van der Waals surface area contributed by atoms with Crippen LogP contribution in [0, 0.1) is 0 Å². The van der Waals surface area contributed by atoms with Crippen molar-refractivity contribution in [1.82, 2.24) is 10.3 Å². The second-order valence-electron chi connectivity index (χ2n) is 4.79. The summed E-state index contributed by atoms with van der Waals surface area (Å²) in [5, 5.41) is 12.6. The molecule has 0 bridgehead atoms. The smallest absolute Gasteiger partial charge is 0.128 e. The van der Waals surface area contributed by atoms with E-state index in [0.29, 0.717) is 6.04 Å². The molecular formula is C14H25N3O. The standard InChI is InChI=1S/C14H25N3O/c1-5-15-12(3)13-6-7-14(16-10-13)17(4)9-8-11(2)18/h6-7,10-12,15,18H,5,8-9H2,1-4H3. The fraction of sp³-hybridized carbons (Fsp3) is 0.643. The maximum atomic E-state index is 9.27. The van der Waals surface area contributed by atoms with Gasteiger partial charge >= 0.3 is 0 Å². The van der Waals surface area contributed by atoms with Gasteiger partial charge in [-0.05, 0) is 38.4 Å². The summed E-state index contributed by atoms with van der Waals surface area (Å²) in [6, 6.07) is 4.47. The average Bonchev–Trinajstić information content (AvgIpc) is 2.36. The van der Waals surface area contributed by atoms with Gasteiger partial charge in [0.15, 0.2) is 0 Å². The number of aromatic nitrogens is 1. The molecule has 0 amide bonds. The van der Waals surface area contributed by atoms with Gasteiger partial charge in [-0.1, -0.05) is 13.0 Å². The zero-order valence-electron chi connectivity index (χ0n) is 11.8. The van der Waals surface area contributed by atoms with Crippen LogP contribution in [0.2, 0.25) is 0 Å². The molecule has 102 valence electrons. The van der Waals surface area contributed by atoms with E-state index in [1.807, 2.05) is 26.2 Å². The number of pyridine rings is 1. The highest BCUT2D eigenvalue weighted by molar-refractivity contribution is 5.38. The van der Waals surface area contributed by atoms with E-state index in [1.165, 1.54) is 5.56 Å². The first-order valence-corrected chi connectivity index (χ1v) is 6.63. The number of anilines is 1. The predicted molar refractivity (Wildman–Crippen MR) is 75.9 cm³/mol. The quantitative estimate of drug-likeness (QED) is 0.778. The molecule has 1 heterocycles. The Balaban J connectivity index is 2.58. The van der Waals surface area contributed by atoms with Crippen molar-refractivity contribution in [3.63, 3.8) is 0 Å². The summed E-state index contributed by atoms with van der Waals surface area (Å²) in [5.74, 6) is 0.947. The normalized spacial score (nSPS) is 14.3. The van der Waals surface area contributed by atoms with Crippen molar-refractivity contribution in [3.8, 4) is 0 Å². The molecule has 18 heavy (non-hydrogen) atoms. The van der Waals surface area contributed by atoms with Crippen molar-refractivity contribution < 1.29 is 5.11 Å². The summed E-state index contributed by atoms with van der Waals surface area (Å²) < 4.78 is 0. The monoisotopic (exact) mass is 251 g/mol. The van der Waals surface area contributed by atoms with Crippen molar-refractivity contribution >= 4 is 5.82 Å². The van der Waals surface area contributed by atoms with Crippen LogP contribution in [0.15, 0.2) is 18.3 Å². The molecule has 1 rings (SSSR count). The van der Waals surface area contributed by atoms with E-state index in [-0.39, 0.29) is 6.10 Å². The third-order valence-electron chi connectivity index (χ3n) is 3.05. The van der Waals surface area contributed by atoms with E-state index in [9.17, 15) is 5.11 Å². The molecule has 1 aromatic heterocycles. The van der Waals surface area contributed by atoms with E-state index >= 15 is 0 Å². The van der Waals surface area contributed by atoms with Gasteiger partial charge in [0, 0.05) is 25.8 Å². The van der Waals surface area contributed by atoms with E-state index in [4.69, 9.17) is 0 Å². The fourth-order valence-electron chi connectivity index (χ4n) is 1.80. The van der Waals surface area contributed by atoms with Crippen molar-refractivity contribution in [2.75, 3.05) is 25.0 Å². The van der Waals surface area contributed by atoms with E-state index in [1.54, 1.807) is 0 Å². The summed E-state index contributed by atoms with van der Waals surface area (Å²) in [7, 11) is 2.00. The van der Waals surface area contributed by atoms with Crippen molar-refractivity contribution in [1.29, 1.82) is 0 Å². The minimum absolute atomic E-state index is 0.263. The topological polar surface area (TPSA) is 48.4 Å². The van der Waals surface area contributed by atoms with Crippen LogP contribution in [0.3, 0.4) is 0 Å². The molecule has 2 atom stereocenters. The third kappa shape index (κ3) is 4.63. The summed E-state index contributed by atoms with van der Waals surface area (Å²) in [5.41, 5.74) is 1.20. The highest BCUT2D eigenvalue weighted by Crippen LogP contribution is 2.15. The molecule has 0 saturated carbocycles. The molecule has 4 heteroatoms. The molecule has 0 aromatic carbocycles. The molecule has 0 aliphatic carbocycles. The SMILES string of the molecule is CCNC(C)c1ccc(N(C)CCC(C)O)nc1. The number of nitrogens with one attached hydrogen (secondary N) is 1. The van der Waals surface area contributed by atoms with Gasteiger partial charge in [0.05, 0.1) is 6.10 Å². The van der Waals surface area contributed by atoms with E-state index < -0.39 is 0 Å². The lowest BCUT2D eigenvalue weighted by atomic mass is 10.1. The van der Waals surface area contributed by atoms with Gasteiger partial charge in [0.1, 0.15) is 5.82 Å². The van der Waals surface area contributed by atoms with Crippen LogP contribution >= 0.6 is 0 Å². The van der Waals surface area contributed by atoms with Crippen LogP contribution in [0.1, 0.15) is 38.8 Å². The van der Waals surface area contributed by atoms with Gasteiger partial charge in [0.2, 0.25) is 0 Å². The summed E-state index contributed by atoms with van der Waals surface area (Å²) >= 11 is 0. The van der Waals surface area contributed by atoms with Crippen LogP contribution in [0.4, 0.5) is 5.82 Å². The largest absolute Gasteiger partial charge is 0.393 e. The van der Waals surface area contributed by atoms with Crippen LogP contribution < -0.4 is 10.2 Å². The Labute approximate surface area is 110 Å². The van der Waals surface area contributed by atoms with Gasteiger partial charge in [0.25, 0.3) is 0 Å². The van der Waals surface area contributed by atoms with Gasteiger partial charge < -0.3 is 15.3 Å². The van der Waals surface area contributed by atoms with Crippen molar-refractivity contribution in [2.24, 2.45) is 0 Å². The number of hydrogen-bond donors (Lipinski definition) is 2. The Kier molecular flexibility index (Phi) is 6.09. The lowest BCUT2D eigenvalue weighted by molar-refractivity contribution is 0.187. The molecule has 2 unspecified atom stereocenters. The Morgan fingerprint density at radius 2 is 2.11 bits per heavy atom. The number of rotatable bonds is 7. The van der Waals surface area contributed by atoms with E-state index in [2.05, 4.69) is 35.1 Å². The molecule has 4 nitrogen and oxygen atoms in total. The first kappa shape index (κ1) is 14.9. The van der Waals surface area contributed by atoms with Crippen LogP contribution in [-0.4, -0.2) is 36.3 Å². The molecular weight excluding hydrogens is 226 g/mol. The van der Waals surface area contributed by atoms with Crippen molar-refractivity contribution in [2.45, 2.75) is 39.3 Å². The lowest BCUT2D eigenvalue weighted by Crippen LogP contribution is -2.23.